The van der Waals surface area contributed by atoms with Crippen LogP contribution in [-0.2, 0) is 11.2 Å². The molecular formula is C24H31N3O3. The van der Waals surface area contributed by atoms with E-state index in [-0.39, 0.29) is 17.9 Å². The molecule has 0 aliphatic rings. The minimum Gasteiger partial charge on any atom is -0.408 e. The summed E-state index contributed by atoms with van der Waals surface area (Å²) in [5, 5.41) is 3.12. The Morgan fingerprint density at radius 2 is 1.87 bits per heavy atom. The van der Waals surface area contributed by atoms with Gasteiger partial charge in [-0.15, -0.1) is 0 Å². The van der Waals surface area contributed by atoms with Crippen molar-refractivity contribution in [2.75, 3.05) is 20.6 Å². The number of oxazole rings is 1. The van der Waals surface area contributed by atoms with Crippen LogP contribution in [0, 0.1) is 5.92 Å². The Balaban J connectivity index is 1.61. The van der Waals surface area contributed by atoms with Gasteiger partial charge in [-0.05, 0) is 55.6 Å². The van der Waals surface area contributed by atoms with Crippen LogP contribution in [0.1, 0.15) is 37.3 Å². The van der Waals surface area contributed by atoms with Crippen molar-refractivity contribution in [3.63, 3.8) is 0 Å². The number of nitrogens with zero attached hydrogens (tertiary/aromatic N) is 1. The molecule has 0 aliphatic carbocycles. The average molecular weight is 410 g/mol. The van der Waals surface area contributed by atoms with Crippen molar-refractivity contribution in [3.8, 4) is 0 Å². The van der Waals surface area contributed by atoms with Crippen molar-refractivity contribution in [2.45, 2.75) is 38.6 Å². The maximum atomic E-state index is 12.7. The molecule has 30 heavy (non-hydrogen) atoms. The van der Waals surface area contributed by atoms with Crippen molar-refractivity contribution < 1.29 is 9.21 Å². The summed E-state index contributed by atoms with van der Waals surface area (Å²) in [5.41, 5.74) is 3.51. The molecular weight excluding hydrogens is 378 g/mol. The molecule has 1 aromatic heterocycles. The molecule has 0 saturated heterocycles. The van der Waals surface area contributed by atoms with Crippen LogP contribution in [0.3, 0.4) is 0 Å². The molecule has 2 aromatic carbocycles. The average Bonchev–Trinajstić information content (AvgIpc) is 3.08. The molecule has 3 aromatic rings. The van der Waals surface area contributed by atoms with Crippen LogP contribution in [-0.4, -0.2) is 42.5 Å². The van der Waals surface area contributed by atoms with E-state index in [1.807, 2.05) is 50.5 Å². The Hall–Kier alpha value is -2.86. The topological polar surface area (TPSA) is 78.3 Å². The lowest BCUT2D eigenvalue weighted by Gasteiger charge is -2.26. The molecule has 0 aliphatic heterocycles. The van der Waals surface area contributed by atoms with Gasteiger partial charge in [-0.3, -0.25) is 9.78 Å². The minimum absolute atomic E-state index is 0.0662. The maximum Gasteiger partial charge on any atom is 0.417 e. The minimum atomic E-state index is -0.448. The fourth-order valence-corrected chi connectivity index (χ4v) is 3.77. The molecule has 0 spiro atoms. The summed E-state index contributed by atoms with van der Waals surface area (Å²) in [5.74, 6) is 0.196. The van der Waals surface area contributed by atoms with Crippen LogP contribution in [0.2, 0.25) is 0 Å². The van der Waals surface area contributed by atoms with Gasteiger partial charge in [0.2, 0.25) is 5.91 Å². The monoisotopic (exact) mass is 409 g/mol. The van der Waals surface area contributed by atoms with Crippen LogP contribution in [0.4, 0.5) is 0 Å². The SMILES string of the molecule is CC(C)C(CC(=O)NCC(Cc1ccc2[nH]c(=O)oc2c1)N(C)C)c1ccccc1. The van der Waals surface area contributed by atoms with Crippen molar-refractivity contribution >= 4 is 17.0 Å². The Morgan fingerprint density at radius 1 is 1.13 bits per heavy atom. The normalized spacial score (nSPS) is 13.7. The Bertz CT molecular complexity index is 1020. The number of aromatic amines is 1. The Labute approximate surface area is 177 Å². The van der Waals surface area contributed by atoms with Crippen molar-refractivity contribution in [1.29, 1.82) is 0 Å². The van der Waals surface area contributed by atoms with E-state index in [2.05, 4.69) is 41.2 Å². The predicted molar refractivity (Wildman–Crippen MR) is 120 cm³/mol. The lowest BCUT2D eigenvalue weighted by atomic mass is 9.85. The third-order valence-corrected chi connectivity index (χ3v) is 5.66. The summed E-state index contributed by atoms with van der Waals surface area (Å²) < 4.78 is 5.16. The summed E-state index contributed by atoms with van der Waals surface area (Å²) in [6.07, 6.45) is 1.21. The van der Waals surface area contributed by atoms with Gasteiger partial charge in [0, 0.05) is 19.0 Å². The molecule has 160 valence electrons. The number of nitrogens with one attached hydrogen (secondary N) is 2. The van der Waals surface area contributed by atoms with Gasteiger partial charge in [-0.25, -0.2) is 4.79 Å². The number of benzene rings is 2. The zero-order valence-corrected chi connectivity index (χ0v) is 18.1. The molecule has 0 fully saturated rings. The summed E-state index contributed by atoms with van der Waals surface area (Å²) in [6.45, 7) is 4.87. The van der Waals surface area contributed by atoms with Gasteiger partial charge in [0.25, 0.3) is 0 Å². The number of H-pyrrole nitrogens is 1. The number of carbonyl (C=O) groups is 1. The fourth-order valence-electron chi connectivity index (χ4n) is 3.77. The molecule has 6 heteroatoms. The van der Waals surface area contributed by atoms with Crippen LogP contribution >= 0.6 is 0 Å². The van der Waals surface area contributed by atoms with Crippen molar-refractivity contribution in [2.24, 2.45) is 5.92 Å². The van der Waals surface area contributed by atoms with E-state index in [4.69, 9.17) is 4.42 Å². The van der Waals surface area contributed by atoms with Gasteiger partial charge >= 0.3 is 5.76 Å². The maximum absolute atomic E-state index is 12.7. The van der Waals surface area contributed by atoms with Gasteiger partial charge in [-0.2, -0.15) is 0 Å². The molecule has 0 bridgehead atoms. The third-order valence-electron chi connectivity index (χ3n) is 5.66. The summed E-state index contributed by atoms with van der Waals surface area (Å²) in [7, 11) is 4.01. The first-order valence-corrected chi connectivity index (χ1v) is 10.4. The fraction of sp³-hybridized carbons (Fsp3) is 0.417. The van der Waals surface area contributed by atoms with E-state index in [9.17, 15) is 9.59 Å². The molecule has 0 saturated carbocycles. The smallest absolute Gasteiger partial charge is 0.408 e. The standard InChI is InChI=1S/C24H31N3O3/c1-16(2)20(18-8-6-5-7-9-18)14-23(28)25-15-19(27(3)4)12-17-10-11-21-22(13-17)30-24(29)26-21/h5-11,13,16,19-20H,12,14-15H2,1-4H3,(H,25,28)(H,26,29). The first-order valence-electron chi connectivity index (χ1n) is 10.4. The van der Waals surface area contributed by atoms with E-state index >= 15 is 0 Å². The largest absolute Gasteiger partial charge is 0.417 e. The molecule has 3 rings (SSSR count). The lowest BCUT2D eigenvalue weighted by molar-refractivity contribution is -0.121. The van der Waals surface area contributed by atoms with E-state index in [0.29, 0.717) is 30.0 Å². The third kappa shape index (κ3) is 5.60. The van der Waals surface area contributed by atoms with Crippen LogP contribution in [0.25, 0.3) is 11.1 Å². The number of amides is 1. The number of rotatable bonds is 9. The molecule has 2 atom stereocenters. The highest BCUT2D eigenvalue weighted by atomic mass is 16.4. The van der Waals surface area contributed by atoms with E-state index in [1.165, 1.54) is 5.56 Å². The zero-order chi connectivity index (χ0) is 21.7. The second-order valence-corrected chi connectivity index (χ2v) is 8.44. The van der Waals surface area contributed by atoms with Gasteiger partial charge in [0.15, 0.2) is 5.58 Å². The first-order chi connectivity index (χ1) is 14.3. The van der Waals surface area contributed by atoms with Gasteiger partial charge in [0.05, 0.1) is 5.52 Å². The summed E-state index contributed by atoms with van der Waals surface area (Å²) in [6, 6.07) is 16.1. The molecule has 0 radical (unpaired) electrons. The highest BCUT2D eigenvalue weighted by Crippen LogP contribution is 2.27. The second kappa shape index (κ2) is 9.76. The number of carbonyl (C=O) groups excluding carboxylic acids is 1. The van der Waals surface area contributed by atoms with E-state index in [1.54, 1.807) is 0 Å². The highest BCUT2D eigenvalue weighted by molar-refractivity contribution is 5.77. The predicted octanol–water partition coefficient (Wildman–Crippen LogP) is 3.54. The lowest BCUT2D eigenvalue weighted by Crippen LogP contribution is -2.42. The number of hydrogen-bond donors (Lipinski definition) is 2. The summed E-state index contributed by atoms with van der Waals surface area (Å²) in [4.78, 5) is 28.8. The summed E-state index contributed by atoms with van der Waals surface area (Å²) >= 11 is 0. The number of hydrogen-bond acceptors (Lipinski definition) is 4. The second-order valence-electron chi connectivity index (χ2n) is 8.44. The molecule has 2 N–H and O–H groups in total. The quantitative estimate of drug-likeness (QED) is 0.567. The zero-order valence-electron chi connectivity index (χ0n) is 18.1. The van der Waals surface area contributed by atoms with Crippen molar-refractivity contribution in [1.82, 2.24) is 15.2 Å². The molecule has 2 unspecified atom stereocenters. The number of aromatic nitrogens is 1. The van der Waals surface area contributed by atoms with E-state index in [0.717, 1.165) is 12.0 Å². The van der Waals surface area contributed by atoms with Crippen LogP contribution in [0.15, 0.2) is 57.7 Å². The van der Waals surface area contributed by atoms with Gasteiger partial charge in [-0.1, -0.05) is 50.2 Å². The Morgan fingerprint density at radius 3 is 2.53 bits per heavy atom. The Kier molecular flexibility index (Phi) is 7.11. The number of likely N-dealkylation sites (N-methyl/N-ethyl adjacent to an activating group) is 1. The molecule has 1 amide bonds. The first kappa shape index (κ1) is 21.8. The molecule has 6 nitrogen and oxygen atoms in total. The van der Waals surface area contributed by atoms with Gasteiger partial charge < -0.3 is 14.6 Å². The van der Waals surface area contributed by atoms with Gasteiger partial charge in [0.1, 0.15) is 0 Å². The van der Waals surface area contributed by atoms with Crippen LogP contribution < -0.4 is 11.1 Å². The highest BCUT2D eigenvalue weighted by Gasteiger charge is 2.21. The molecule has 1 heterocycles. The number of fused-ring (bicyclic) bond motifs is 1. The van der Waals surface area contributed by atoms with Crippen LogP contribution in [0.5, 0.6) is 0 Å². The van der Waals surface area contributed by atoms with E-state index < -0.39 is 5.76 Å². The van der Waals surface area contributed by atoms with Crippen molar-refractivity contribution in [3.05, 3.63) is 70.2 Å².